The number of fused-ring (bicyclic) bond motifs is 1. The van der Waals surface area contributed by atoms with Crippen LogP contribution in [0.15, 0.2) is 54.7 Å². The Labute approximate surface area is 180 Å². The van der Waals surface area contributed by atoms with Crippen molar-refractivity contribution in [3.63, 3.8) is 0 Å². The van der Waals surface area contributed by atoms with Crippen molar-refractivity contribution in [1.29, 1.82) is 0 Å². The number of hydrogen-bond acceptors (Lipinski definition) is 5. The molecule has 0 unspecified atom stereocenters. The van der Waals surface area contributed by atoms with Gasteiger partial charge in [-0.15, -0.1) is 5.10 Å². The average molecular weight is 421 g/mol. The van der Waals surface area contributed by atoms with Crippen molar-refractivity contribution in [2.45, 2.75) is 25.0 Å². The zero-order chi connectivity index (χ0) is 21.3. The number of benzene rings is 2. The molecule has 0 aliphatic carbocycles. The normalized spacial score (nSPS) is 17.5. The van der Waals surface area contributed by atoms with E-state index in [4.69, 9.17) is 14.2 Å². The average Bonchev–Trinajstić information content (AvgIpc) is 3.29. The van der Waals surface area contributed by atoms with Crippen molar-refractivity contribution in [1.82, 2.24) is 15.0 Å². The zero-order valence-corrected chi connectivity index (χ0v) is 17.4. The van der Waals surface area contributed by atoms with E-state index in [1.165, 1.54) is 12.1 Å². The number of methoxy groups -OCH3 is 1. The van der Waals surface area contributed by atoms with Gasteiger partial charge in [0.1, 0.15) is 29.5 Å². The fourth-order valence-corrected chi connectivity index (χ4v) is 4.27. The molecular weight excluding hydrogens is 397 g/mol. The predicted octanol–water partition coefficient (Wildman–Crippen LogP) is 3.94. The van der Waals surface area contributed by atoms with Crippen LogP contribution in [0.5, 0.6) is 5.75 Å². The van der Waals surface area contributed by atoms with E-state index in [0.717, 1.165) is 46.5 Å². The van der Waals surface area contributed by atoms with Crippen molar-refractivity contribution in [3.8, 4) is 5.75 Å². The summed E-state index contributed by atoms with van der Waals surface area (Å²) in [5.74, 6) is 0.577. The SMILES string of the molecule is COC1(c2cn(Cc3ccc4c(c3)OCC=C4c3ccc(F)cc3)nn2)CCOCC1. The van der Waals surface area contributed by atoms with Crippen LogP contribution in [0.4, 0.5) is 4.39 Å². The van der Waals surface area contributed by atoms with Gasteiger partial charge in [0.2, 0.25) is 0 Å². The lowest BCUT2D eigenvalue weighted by atomic mass is 9.91. The van der Waals surface area contributed by atoms with Gasteiger partial charge >= 0.3 is 0 Å². The first-order valence-electron chi connectivity index (χ1n) is 10.4. The smallest absolute Gasteiger partial charge is 0.127 e. The molecule has 3 aromatic rings. The minimum Gasteiger partial charge on any atom is -0.489 e. The van der Waals surface area contributed by atoms with Gasteiger partial charge in [-0.05, 0) is 41.0 Å². The molecule has 0 amide bonds. The number of halogens is 1. The Balaban J connectivity index is 1.37. The highest BCUT2D eigenvalue weighted by Crippen LogP contribution is 2.36. The Morgan fingerprint density at radius 1 is 1.13 bits per heavy atom. The second kappa shape index (κ2) is 8.24. The van der Waals surface area contributed by atoms with Crippen molar-refractivity contribution < 1.29 is 18.6 Å². The minimum atomic E-state index is -0.426. The van der Waals surface area contributed by atoms with Gasteiger partial charge < -0.3 is 14.2 Å². The van der Waals surface area contributed by atoms with E-state index in [1.807, 2.05) is 29.1 Å². The van der Waals surface area contributed by atoms with Gasteiger partial charge in [-0.25, -0.2) is 9.07 Å². The standard InChI is InChI=1S/C24H24FN3O3/c1-29-24(9-12-30-13-10-24)23-16-28(27-26-23)15-17-2-7-21-20(8-11-31-22(21)14-17)18-3-5-19(25)6-4-18/h2-8,14,16H,9-13,15H2,1H3. The first-order valence-corrected chi connectivity index (χ1v) is 10.4. The highest BCUT2D eigenvalue weighted by Gasteiger charge is 2.37. The molecule has 160 valence electrons. The molecule has 6 nitrogen and oxygen atoms in total. The first-order chi connectivity index (χ1) is 15.2. The molecule has 3 heterocycles. The van der Waals surface area contributed by atoms with Crippen molar-refractivity contribution in [2.75, 3.05) is 26.9 Å². The molecule has 31 heavy (non-hydrogen) atoms. The van der Waals surface area contributed by atoms with Gasteiger partial charge in [0.25, 0.3) is 0 Å². The van der Waals surface area contributed by atoms with Crippen molar-refractivity contribution >= 4 is 5.57 Å². The van der Waals surface area contributed by atoms with E-state index in [0.29, 0.717) is 26.4 Å². The van der Waals surface area contributed by atoms with E-state index < -0.39 is 5.60 Å². The molecule has 0 saturated carbocycles. The molecule has 1 aromatic heterocycles. The second-order valence-electron chi connectivity index (χ2n) is 7.88. The first kappa shape index (κ1) is 19.9. The lowest BCUT2D eigenvalue weighted by molar-refractivity contribution is -0.0973. The fraction of sp³-hybridized carbons (Fsp3) is 0.333. The maximum absolute atomic E-state index is 13.3. The molecule has 5 rings (SSSR count). The summed E-state index contributed by atoms with van der Waals surface area (Å²) in [6.07, 6.45) is 5.52. The lowest BCUT2D eigenvalue weighted by Crippen LogP contribution is -2.36. The third kappa shape index (κ3) is 3.86. The summed E-state index contributed by atoms with van der Waals surface area (Å²) >= 11 is 0. The topological polar surface area (TPSA) is 58.4 Å². The molecule has 1 saturated heterocycles. The lowest BCUT2D eigenvalue weighted by Gasteiger charge is -2.33. The van der Waals surface area contributed by atoms with E-state index in [9.17, 15) is 4.39 Å². The van der Waals surface area contributed by atoms with Gasteiger partial charge in [0.15, 0.2) is 0 Å². The van der Waals surface area contributed by atoms with Gasteiger partial charge in [0.05, 0.1) is 12.7 Å². The van der Waals surface area contributed by atoms with E-state index in [1.54, 1.807) is 19.2 Å². The molecule has 7 heteroatoms. The molecule has 0 spiro atoms. The Bertz CT molecular complexity index is 1100. The van der Waals surface area contributed by atoms with Crippen LogP contribution < -0.4 is 4.74 Å². The summed E-state index contributed by atoms with van der Waals surface area (Å²) in [6, 6.07) is 12.7. The van der Waals surface area contributed by atoms with E-state index in [-0.39, 0.29) is 5.82 Å². The Kier molecular flexibility index (Phi) is 5.29. The Morgan fingerprint density at radius 2 is 1.94 bits per heavy atom. The largest absolute Gasteiger partial charge is 0.489 e. The number of rotatable bonds is 5. The third-order valence-electron chi connectivity index (χ3n) is 6.06. The number of aromatic nitrogens is 3. The Morgan fingerprint density at radius 3 is 2.71 bits per heavy atom. The maximum atomic E-state index is 13.3. The molecule has 2 aromatic carbocycles. The third-order valence-corrected chi connectivity index (χ3v) is 6.06. The van der Waals surface area contributed by atoms with Crippen LogP contribution in [-0.4, -0.2) is 41.9 Å². The molecule has 0 N–H and O–H groups in total. The van der Waals surface area contributed by atoms with E-state index in [2.05, 4.69) is 16.4 Å². The Hall–Kier alpha value is -3.03. The quantitative estimate of drug-likeness (QED) is 0.625. The summed E-state index contributed by atoms with van der Waals surface area (Å²) < 4.78 is 32.3. The highest BCUT2D eigenvalue weighted by molar-refractivity contribution is 5.84. The molecule has 0 bridgehead atoms. The minimum absolute atomic E-state index is 0.241. The van der Waals surface area contributed by atoms with Crippen LogP contribution in [0.2, 0.25) is 0 Å². The van der Waals surface area contributed by atoms with E-state index >= 15 is 0 Å². The zero-order valence-electron chi connectivity index (χ0n) is 17.4. The summed E-state index contributed by atoms with van der Waals surface area (Å²) in [5, 5.41) is 8.71. The van der Waals surface area contributed by atoms with Crippen LogP contribution in [0, 0.1) is 5.82 Å². The van der Waals surface area contributed by atoms with Crippen molar-refractivity contribution in [3.05, 3.63) is 82.9 Å². The number of ether oxygens (including phenoxy) is 3. The fourth-order valence-electron chi connectivity index (χ4n) is 4.27. The van der Waals surface area contributed by atoms with Crippen LogP contribution in [0.3, 0.4) is 0 Å². The second-order valence-corrected chi connectivity index (χ2v) is 7.88. The van der Waals surface area contributed by atoms with Gasteiger partial charge in [-0.3, -0.25) is 0 Å². The van der Waals surface area contributed by atoms with Crippen LogP contribution >= 0.6 is 0 Å². The van der Waals surface area contributed by atoms with Crippen molar-refractivity contribution in [2.24, 2.45) is 0 Å². The summed E-state index contributed by atoms with van der Waals surface area (Å²) in [7, 11) is 1.72. The van der Waals surface area contributed by atoms with Gasteiger partial charge in [-0.1, -0.05) is 29.5 Å². The monoisotopic (exact) mass is 421 g/mol. The summed E-state index contributed by atoms with van der Waals surface area (Å²) in [6.45, 7) is 2.38. The molecule has 0 atom stereocenters. The highest BCUT2D eigenvalue weighted by atomic mass is 19.1. The molecule has 0 radical (unpaired) electrons. The number of hydrogen-bond donors (Lipinski definition) is 0. The summed E-state index contributed by atoms with van der Waals surface area (Å²) in [4.78, 5) is 0. The molecule has 2 aliphatic rings. The maximum Gasteiger partial charge on any atom is 0.127 e. The van der Waals surface area contributed by atoms with Gasteiger partial charge in [-0.2, -0.15) is 0 Å². The van der Waals surface area contributed by atoms with Gasteiger partial charge in [0, 0.05) is 38.7 Å². The van der Waals surface area contributed by atoms with Crippen LogP contribution in [0.1, 0.15) is 35.2 Å². The predicted molar refractivity (Wildman–Crippen MR) is 113 cm³/mol. The van der Waals surface area contributed by atoms with Crippen LogP contribution in [-0.2, 0) is 21.6 Å². The molecule has 1 fully saturated rings. The summed E-state index contributed by atoms with van der Waals surface area (Å²) in [5.41, 5.74) is 4.51. The number of nitrogens with zero attached hydrogens (tertiary/aromatic N) is 3. The van der Waals surface area contributed by atoms with Crippen LogP contribution in [0.25, 0.3) is 5.57 Å². The molecule has 2 aliphatic heterocycles. The molecular formula is C24H24FN3O3.